The molecule has 9 heteroatoms. The summed E-state index contributed by atoms with van der Waals surface area (Å²) < 4.78 is 6.39. The quantitative estimate of drug-likeness (QED) is 0.223. The predicted octanol–water partition coefficient (Wildman–Crippen LogP) is 4.87. The van der Waals surface area contributed by atoms with Crippen molar-refractivity contribution < 1.29 is 29.5 Å². The van der Waals surface area contributed by atoms with Gasteiger partial charge in [-0.3, -0.25) is 14.5 Å². The molecule has 2 aliphatic heterocycles. The van der Waals surface area contributed by atoms with Gasteiger partial charge in [-0.1, -0.05) is 68.1 Å². The predicted molar refractivity (Wildman–Crippen MR) is 161 cm³/mol. The second kappa shape index (κ2) is 12.1. The molecule has 0 spiro atoms. The van der Waals surface area contributed by atoms with Gasteiger partial charge in [0.05, 0.1) is 35.3 Å². The highest BCUT2D eigenvalue weighted by molar-refractivity contribution is 6.58. The molecule has 2 heterocycles. The standard InChI is InChI=1S/C32H37BClNO6/c1-4-6-19(13-20-10-11-23(36)15-27(20)34)9-12-28-29-24(18(2)3)16-25-30(26(29)17-41-28)32(38)35(31(25)37)22-8-5-7-21(14-22)33(39)40/h5,7-8,10-11,13-15,18,25-26,28,30,36,39-40H,4,6,9,12,16-17H2,1-3H3/b19-13+/t25-,26+,28-,30-/m1/s1. The van der Waals surface area contributed by atoms with E-state index in [0.717, 1.165) is 31.2 Å². The Labute approximate surface area is 246 Å². The lowest BCUT2D eigenvalue weighted by Gasteiger charge is -2.33. The van der Waals surface area contributed by atoms with E-state index in [9.17, 15) is 24.7 Å². The van der Waals surface area contributed by atoms with Crippen LogP contribution in [0.1, 0.15) is 58.4 Å². The zero-order valence-electron chi connectivity index (χ0n) is 23.7. The molecule has 2 aromatic carbocycles. The average Bonchev–Trinajstić information content (AvgIpc) is 3.46. The number of fused-ring (bicyclic) bond motifs is 3. The van der Waals surface area contributed by atoms with Crippen molar-refractivity contribution in [1.82, 2.24) is 0 Å². The van der Waals surface area contributed by atoms with Gasteiger partial charge in [0, 0.05) is 5.92 Å². The minimum absolute atomic E-state index is 0.126. The van der Waals surface area contributed by atoms with Gasteiger partial charge in [-0.15, -0.1) is 0 Å². The van der Waals surface area contributed by atoms with Crippen molar-refractivity contribution in [1.29, 1.82) is 0 Å². The van der Waals surface area contributed by atoms with Crippen LogP contribution in [0, 0.1) is 23.7 Å². The first kappa shape index (κ1) is 29.6. The molecule has 1 aliphatic carbocycles. The fourth-order valence-corrected chi connectivity index (χ4v) is 7.03. The molecule has 2 amide bonds. The first-order valence-corrected chi connectivity index (χ1v) is 14.8. The number of aromatic hydroxyl groups is 1. The summed E-state index contributed by atoms with van der Waals surface area (Å²) in [5.41, 5.74) is 5.11. The summed E-state index contributed by atoms with van der Waals surface area (Å²) in [6, 6.07) is 11.3. The number of amides is 2. The molecule has 3 N–H and O–H groups in total. The van der Waals surface area contributed by atoms with Crippen LogP contribution in [0.2, 0.25) is 5.02 Å². The number of carbonyl (C=O) groups is 2. The summed E-state index contributed by atoms with van der Waals surface area (Å²) in [4.78, 5) is 28.7. The number of carbonyl (C=O) groups excluding carboxylic acids is 2. The number of hydrogen-bond acceptors (Lipinski definition) is 6. The van der Waals surface area contributed by atoms with Gasteiger partial charge in [0.1, 0.15) is 5.75 Å². The number of ether oxygens (including phenoxy) is 1. The zero-order valence-corrected chi connectivity index (χ0v) is 24.5. The summed E-state index contributed by atoms with van der Waals surface area (Å²) in [5, 5.41) is 29.5. The summed E-state index contributed by atoms with van der Waals surface area (Å²) >= 11 is 6.38. The second-order valence-corrected chi connectivity index (χ2v) is 12.1. The number of imide groups is 1. The topological polar surface area (TPSA) is 107 Å². The number of hydrogen-bond donors (Lipinski definition) is 3. The van der Waals surface area contributed by atoms with E-state index in [-0.39, 0.29) is 41.0 Å². The Hall–Kier alpha value is -2.91. The molecular weight excluding hydrogens is 541 g/mol. The van der Waals surface area contributed by atoms with Crippen LogP contribution in [-0.4, -0.2) is 46.8 Å². The monoisotopic (exact) mass is 577 g/mol. The molecule has 41 heavy (non-hydrogen) atoms. The van der Waals surface area contributed by atoms with Gasteiger partial charge in [-0.25, -0.2) is 0 Å². The van der Waals surface area contributed by atoms with Gasteiger partial charge >= 0.3 is 7.12 Å². The highest BCUT2D eigenvalue weighted by Crippen LogP contribution is 2.52. The van der Waals surface area contributed by atoms with Gasteiger partial charge in [0.25, 0.3) is 0 Å². The molecule has 0 aromatic heterocycles. The zero-order chi connectivity index (χ0) is 29.4. The number of rotatable bonds is 9. The molecule has 2 aromatic rings. The Balaban J connectivity index is 1.40. The smallest absolute Gasteiger partial charge is 0.488 e. The third-order valence-corrected chi connectivity index (χ3v) is 9.04. The van der Waals surface area contributed by atoms with Crippen LogP contribution in [0.3, 0.4) is 0 Å². The first-order chi connectivity index (χ1) is 19.6. The van der Waals surface area contributed by atoms with Crippen LogP contribution in [0.4, 0.5) is 5.69 Å². The molecule has 2 fully saturated rings. The fourth-order valence-electron chi connectivity index (χ4n) is 6.80. The number of benzene rings is 2. The summed E-state index contributed by atoms with van der Waals surface area (Å²) in [5.74, 6) is -1.23. The number of phenols is 1. The normalized spacial score (nSPS) is 24.4. The Morgan fingerprint density at radius 1 is 1.12 bits per heavy atom. The van der Waals surface area contributed by atoms with Crippen molar-refractivity contribution in [3.05, 3.63) is 69.8 Å². The number of phenolic OH excluding ortho intramolecular Hbond substituents is 1. The Kier molecular flexibility index (Phi) is 8.76. The highest BCUT2D eigenvalue weighted by Gasteiger charge is 2.57. The van der Waals surface area contributed by atoms with E-state index in [0.29, 0.717) is 23.7 Å². The largest absolute Gasteiger partial charge is 0.508 e. The molecule has 216 valence electrons. The third-order valence-electron chi connectivity index (χ3n) is 8.71. The van der Waals surface area contributed by atoms with Crippen molar-refractivity contribution >= 4 is 47.8 Å². The molecule has 5 rings (SSSR count). The number of nitrogens with zero attached hydrogens (tertiary/aromatic N) is 1. The Morgan fingerprint density at radius 2 is 1.90 bits per heavy atom. The fraction of sp³-hybridized carbons (Fsp3) is 0.438. The maximum atomic E-state index is 13.8. The maximum Gasteiger partial charge on any atom is 0.488 e. The van der Waals surface area contributed by atoms with E-state index in [4.69, 9.17) is 16.3 Å². The highest BCUT2D eigenvalue weighted by atomic mass is 35.5. The van der Waals surface area contributed by atoms with Gasteiger partial charge in [0.2, 0.25) is 11.8 Å². The summed E-state index contributed by atoms with van der Waals surface area (Å²) in [7, 11) is -1.69. The van der Waals surface area contributed by atoms with Crippen molar-refractivity contribution in [3.63, 3.8) is 0 Å². The number of anilines is 1. The van der Waals surface area contributed by atoms with Crippen molar-refractivity contribution in [2.24, 2.45) is 23.7 Å². The molecule has 3 aliphatic rings. The average molecular weight is 578 g/mol. The molecule has 0 unspecified atom stereocenters. The van der Waals surface area contributed by atoms with Gasteiger partial charge < -0.3 is 19.9 Å². The second-order valence-electron chi connectivity index (χ2n) is 11.7. The Morgan fingerprint density at radius 3 is 2.59 bits per heavy atom. The van der Waals surface area contributed by atoms with Crippen LogP contribution < -0.4 is 10.4 Å². The number of allylic oxidation sites excluding steroid dienone is 2. The van der Waals surface area contributed by atoms with E-state index in [2.05, 4.69) is 26.8 Å². The van der Waals surface area contributed by atoms with E-state index in [1.807, 2.05) is 6.07 Å². The van der Waals surface area contributed by atoms with E-state index in [1.165, 1.54) is 27.7 Å². The molecule has 4 atom stereocenters. The summed E-state index contributed by atoms with van der Waals surface area (Å²) in [6.07, 6.45) is 5.97. The molecule has 0 bridgehead atoms. The molecule has 0 radical (unpaired) electrons. The summed E-state index contributed by atoms with van der Waals surface area (Å²) in [6.45, 7) is 6.81. The van der Waals surface area contributed by atoms with Crippen molar-refractivity contribution in [3.8, 4) is 5.75 Å². The van der Waals surface area contributed by atoms with Crippen LogP contribution in [0.15, 0.2) is 59.2 Å². The molecule has 2 saturated heterocycles. The van der Waals surface area contributed by atoms with Gasteiger partial charge in [0.15, 0.2) is 0 Å². The van der Waals surface area contributed by atoms with Gasteiger partial charge in [-0.05, 0) is 78.5 Å². The number of halogens is 1. The van der Waals surface area contributed by atoms with E-state index in [1.54, 1.807) is 30.3 Å². The lowest BCUT2D eigenvalue weighted by atomic mass is 9.67. The SMILES string of the molecule is CCC/C(=C\c1ccc(O)cc1Cl)CC[C@H]1OC[C@H]2C1=C(C(C)C)C[C@H]1C(=O)N(c3cccc(B(O)O)c3)C(=O)[C@H]12. The molecule has 7 nitrogen and oxygen atoms in total. The van der Waals surface area contributed by atoms with Crippen LogP contribution in [-0.2, 0) is 14.3 Å². The van der Waals surface area contributed by atoms with Crippen LogP contribution in [0.25, 0.3) is 6.08 Å². The van der Waals surface area contributed by atoms with Crippen LogP contribution >= 0.6 is 11.6 Å². The molecule has 0 saturated carbocycles. The maximum absolute atomic E-state index is 13.8. The third kappa shape index (κ3) is 5.76. The van der Waals surface area contributed by atoms with Crippen LogP contribution in [0.5, 0.6) is 5.75 Å². The van der Waals surface area contributed by atoms with Crippen molar-refractivity contribution in [2.75, 3.05) is 11.5 Å². The minimum atomic E-state index is -1.69. The minimum Gasteiger partial charge on any atom is -0.508 e. The van der Waals surface area contributed by atoms with Crippen molar-refractivity contribution in [2.45, 2.75) is 59.0 Å². The lowest BCUT2D eigenvalue weighted by molar-refractivity contribution is -0.122. The van der Waals surface area contributed by atoms with Gasteiger partial charge in [-0.2, -0.15) is 0 Å². The van der Waals surface area contributed by atoms with E-state index >= 15 is 0 Å². The lowest BCUT2D eigenvalue weighted by Crippen LogP contribution is -2.36. The molecular formula is C32H37BClNO6. The Bertz CT molecular complexity index is 1400. The first-order valence-electron chi connectivity index (χ1n) is 14.5. The van der Waals surface area contributed by atoms with E-state index < -0.39 is 19.0 Å².